The van der Waals surface area contributed by atoms with Crippen molar-refractivity contribution in [2.75, 3.05) is 24.5 Å². The van der Waals surface area contributed by atoms with E-state index in [1.807, 2.05) is 4.90 Å². The topological polar surface area (TPSA) is 75.1 Å². The summed E-state index contributed by atoms with van der Waals surface area (Å²) in [6.45, 7) is 4.70. The van der Waals surface area contributed by atoms with Crippen LogP contribution in [-0.4, -0.2) is 50.4 Å². The van der Waals surface area contributed by atoms with E-state index in [0.717, 1.165) is 62.5 Å². The molecule has 3 aromatic rings. The second kappa shape index (κ2) is 9.02. The number of rotatable bonds is 5. The zero-order valence-corrected chi connectivity index (χ0v) is 18.4. The van der Waals surface area contributed by atoms with E-state index in [1.54, 1.807) is 12.4 Å². The number of benzene rings is 1. The standard InChI is InChI=1S/C25H28N6O/c1-18-20-9-5-14-30(16-11-19-7-3-2-4-8-19)24(20)29-23(28-18)22-10-6-15-31(22)25(32)21-17-26-12-13-27-21/h2-4,7-8,12-13,17,22H,5-6,9-11,14-16H2,1H3. The molecular formula is C25H28N6O. The fourth-order valence-corrected chi connectivity index (χ4v) is 4.82. The van der Waals surface area contributed by atoms with Gasteiger partial charge in [-0.2, -0.15) is 0 Å². The van der Waals surface area contributed by atoms with Crippen LogP contribution in [0.4, 0.5) is 5.82 Å². The Morgan fingerprint density at radius 2 is 1.97 bits per heavy atom. The highest BCUT2D eigenvalue weighted by Gasteiger charge is 2.34. The van der Waals surface area contributed by atoms with Gasteiger partial charge in [0, 0.05) is 43.3 Å². The van der Waals surface area contributed by atoms with Gasteiger partial charge in [-0.25, -0.2) is 15.0 Å². The molecule has 0 N–H and O–H groups in total. The Balaban J connectivity index is 1.41. The van der Waals surface area contributed by atoms with E-state index in [1.165, 1.54) is 17.3 Å². The second-order valence-electron chi connectivity index (χ2n) is 8.54. The fourth-order valence-electron chi connectivity index (χ4n) is 4.82. The van der Waals surface area contributed by atoms with Crippen molar-refractivity contribution in [2.24, 2.45) is 0 Å². The van der Waals surface area contributed by atoms with Gasteiger partial charge in [0.25, 0.3) is 5.91 Å². The molecular weight excluding hydrogens is 400 g/mol. The van der Waals surface area contributed by atoms with E-state index in [4.69, 9.17) is 9.97 Å². The van der Waals surface area contributed by atoms with Crippen molar-refractivity contribution in [3.8, 4) is 0 Å². The smallest absolute Gasteiger partial charge is 0.274 e. The van der Waals surface area contributed by atoms with Crippen LogP contribution in [0.25, 0.3) is 0 Å². The minimum Gasteiger partial charge on any atom is -0.356 e. The average Bonchev–Trinajstić information content (AvgIpc) is 3.33. The zero-order valence-electron chi connectivity index (χ0n) is 18.4. The molecule has 1 fully saturated rings. The van der Waals surface area contributed by atoms with Crippen LogP contribution < -0.4 is 4.90 Å². The number of carbonyl (C=O) groups excluding carboxylic acids is 1. The van der Waals surface area contributed by atoms with Gasteiger partial charge in [0.05, 0.1) is 12.2 Å². The van der Waals surface area contributed by atoms with Crippen LogP contribution in [0.3, 0.4) is 0 Å². The number of hydrogen-bond acceptors (Lipinski definition) is 6. The maximum Gasteiger partial charge on any atom is 0.274 e. The molecule has 2 aromatic heterocycles. The first-order valence-corrected chi connectivity index (χ1v) is 11.4. The number of anilines is 1. The Bertz CT molecular complexity index is 1090. The lowest BCUT2D eigenvalue weighted by atomic mass is 10.0. The summed E-state index contributed by atoms with van der Waals surface area (Å²) in [5, 5.41) is 0. The number of nitrogens with zero attached hydrogens (tertiary/aromatic N) is 6. The minimum absolute atomic E-state index is 0.0968. The molecule has 0 spiro atoms. The molecule has 7 heteroatoms. The highest BCUT2D eigenvalue weighted by atomic mass is 16.2. The van der Waals surface area contributed by atoms with Crippen LogP contribution in [0.15, 0.2) is 48.9 Å². The third-order valence-corrected chi connectivity index (χ3v) is 6.47. The van der Waals surface area contributed by atoms with Gasteiger partial charge in [-0.3, -0.25) is 9.78 Å². The lowest BCUT2D eigenvalue weighted by Crippen LogP contribution is -2.35. The number of aromatic nitrogens is 4. The molecule has 1 saturated heterocycles. The largest absolute Gasteiger partial charge is 0.356 e. The number of hydrogen-bond donors (Lipinski definition) is 0. The summed E-state index contributed by atoms with van der Waals surface area (Å²) in [6, 6.07) is 10.5. The van der Waals surface area contributed by atoms with Gasteiger partial charge >= 0.3 is 0 Å². The molecule has 0 saturated carbocycles. The summed E-state index contributed by atoms with van der Waals surface area (Å²) in [5.41, 5.74) is 3.99. The molecule has 2 aliphatic rings. The third-order valence-electron chi connectivity index (χ3n) is 6.47. The zero-order chi connectivity index (χ0) is 21.9. The van der Waals surface area contributed by atoms with Crippen molar-refractivity contribution in [1.82, 2.24) is 24.8 Å². The summed E-state index contributed by atoms with van der Waals surface area (Å²) >= 11 is 0. The van der Waals surface area contributed by atoms with Crippen molar-refractivity contribution in [2.45, 2.75) is 45.1 Å². The molecule has 1 aromatic carbocycles. The van der Waals surface area contributed by atoms with Crippen LogP contribution in [0.1, 0.15) is 58.4 Å². The SMILES string of the molecule is Cc1nc(C2CCCN2C(=O)c2cnccn2)nc2c1CCCN2CCc1ccccc1. The first-order chi connectivity index (χ1) is 15.7. The van der Waals surface area contributed by atoms with Crippen LogP contribution in [0.2, 0.25) is 0 Å². The van der Waals surface area contributed by atoms with E-state index in [0.29, 0.717) is 12.2 Å². The number of aryl methyl sites for hydroxylation is 1. The molecule has 1 unspecified atom stereocenters. The molecule has 0 aliphatic carbocycles. The molecule has 32 heavy (non-hydrogen) atoms. The molecule has 2 aliphatic heterocycles. The van der Waals surface area contributed by atoms with Crippen LogP contribution >= 0.6 is 0 Å². The van der Waals surface area contributed by atoms with E-state index in [-0.39, 0.29) is 11.9 Å². The van der Waals surface area contributed by atoms with Gasteiger partial charge in [0.1, 0.15) is 11.5 Å². The maximum absolute atomic E-state index is 13.1. The maximum atomic E-state index is 13.1. The molecule has 0 bridgehead atoms. The molecule has 0 radical (unpaired) electrons. The van der Waals surface area contributed by atoms with Gasteiger partial charge in [0.15, 0.2) is 5.82 Å². The van der Waals surface area contributed by atoms with Crippen molar-refractivity contribution < 1.29 is 4.79 Å². The van der Waals surface area contributed by atoms with E-state index in [9.17, 15) is 4.79 Å². The number of likely N-dealkylation sites (tertiary alicyclic amines) is 1. The third kappa shape index (κ3) is 4.07. The van der Waals surface area contributed by atoms with Gasteiger partial charge in [-0.05, 0) is 44.6 Å². The van der Waals surface area contributed by atoms with Gasteiger partial charge in [-0.15, -0.1) is 0 Å². The summed E-state index contributed by atoms with van der Waals surface area (Å²) in [4.78, 5) is 35.5. The Hall–Kier alpha value is -3.35. The highest BCUT2D eigenvalue weighted by molar-refractivity contribution is 5.92. The average molecular weight is 429 g/mol. The Labute approximate surface area is 188 Å². The summed E-state index contributed by atoms with van der Waals surface area (Å²) in [5.74, 6) is 1.71. The second-order valence-corrected chi connectivity index (χ2v) is 8.54. The van der Waals surface area contributed by atoms with Crippen LogP contribution in [0, 0.1) is 6.92 Å². The van der Waals surface area contributed by atoms with Crippen molar-refractivity contribution in [3.63, 3.8) is 0 Å². The van der Waals surface area contributed by atoms with Crippen molar-refractivity contribution >= 4 is 11.7 Å². The predicted octanol–water partition coefficient (Wildman–Crippen LogP) is 3.55. The Kier molecular flexibility index (Phi) is 5.79. The Morgan fingerprint density at radius 1 is 1.09 bits per heavy atom. The minimum atomic E-state index is -0.119. The molecule has 1 amide bonds. The van der Waals surface area contributed by atoms with Crippen molar-refractivity contribution in [3.05, 3.63) is 77.3 Å². The van der Waals surface area contributed by atoms with Gasteiger partial charge in [-0.1, -0.05) is 30.3 Å². The Morgan fingerprint density at radius 3 is 2.78 bits per heavy atom. The quantitative estimate of drug-likeness (QED) is 0.619. The van der Waals surface area contributed by atoms with Crippen LogP contribution in [0.5, 0.6) is 0 Å². The monoisotopic (exact) mass is 428 g/mol. The summed E-state index contributed by atoms with van der Waals surface area (Å²) in [7, 11) is 0. The van der Waals surface area contributed by atoms with Gasteiger partial charge in [0.2, 0.25) is 0 Å². The van der Waals surface area contributed by atoms with Crippen LogP contribution in [-0.2, 0) is 12.8 Å². The normalized spacial score (nSPS) is 18.0. The van der Waals surface area contributed by atoms with E-state index in [2.05, 4.69) is 52.1 Å². The number of carbonyl (C=O) groups is 1. The summed E-state index contributed by atoms with van der Waals surface area (Å²) < 4.78 is 0. The molecule has 4 heterocycles. The lowest BCUT2D eigenvalue weighted by molar-refractivity contribution is 0.0723. The first-order valence-electron chi connectivity index (χ1n) is 11.4. The van der Waals surface area contributed by atoms with E-state index >= 15 is 0 Å². The molecule has 1 atom stereocenters. The molecule has 5 rings (SSSR count). The van der Waals surface area contributed by atoms with Crippen molar-refractivity contribution in [1.29, 1.82) is 0 Å². The first kappa shape index (κ1) is 20.5. The highest BCUT2D eigenvalue weighted by Crippen LogP contribution is 2.34. The molecule has 7 nitrogen and oxygen atoms in total. The fraction of sp³-hybridized carbons (Fsp3) is 0.400. The van der Waals surface area contributed by atoms with Gasteiger partial charge < -0.3 is 9.80 Å². The summed E-state index contributed by atoms with van der Waals surface area (Å²) in [6.07, 6.45) is 9.59. The van der Waals surface area contributed by atoms with E-state index < -0.39 is 0 Å². The number of fused-ring (bicyclic) bond motifs is 1. The lowest BCUT2D eigenvalue weighted by Gasteiger charge is -2.32. The number of amides is 1. The molecule has 164 valence electrons. The predicted molar refractivity (Wildman–Crippen MR) is 122 cm³/mol.